The largest absolute Gasteiger partial charge is 0.465 e. The van der Waals surface area contributed by atoms with Crippen LogP contribution >= 0.6 is 0 Å². The minimum Gasteiger partial charge on any atom is -0.465 e. The molecule has 2 aliphatic carbocycles. The third-order valence-corrected chi connectivity index (χ3v) is 4.98. The Kier molecular flexibility index (Phi) is 3.04. The zero-order valence-electron chi connectivity index (χ0n) is 11.0. The minimum atomic E-state index is -0.828. The molecule has 2 aliphatic rings. The molecule has 2 saturated carbocycles. The predicted molar refractivity (Wildman–Crippen MR) is 64.4 cm³/mol. The molecule has 0 amide bonds. The normalized spacial score (nSPS) is 34.1. The number of carbonyl (C=O) groups is 2. The van der Waals surface area contributed by atoms with Crippen molar-refractivity contribution >= 4 is 11.8 Å². The fraction of sp³-hybridized carbons (Fsp3) is 0.857. The summed E-state index contributed by atoms with van der Waals surface area (Å²) < 4.78 is 5.33. The molecule has 0 saturated heterocycles. The van der Waals surface area contributed by atoms with E-state index < -0.39 is 5.41 Å². The second-order valence-electron chi connectivity index (χ2n) is 5.98. The van der Waals surface area contributed by atoms with Crippen molar-refractivity contribution in [3.63, 3.8) is 0 Å². The minimum absolute atomic E-state index is 0.111. The van der Waals surface area contributed by atoms with E-state index in [4.69, 9.17) is 4.74 Å². The van der Waals surface area contributed by atoms with Gasteiger partial charge < -0.3 is 4.74 Å². The van der Waals surface area contributed by atoms with Gasteiger partial charge in [0.25, 0.3) is 0 Å². The fourth-order valence-corrected chi connectivity index (χ4v) is 3.59. The van der Waals surface area contributed by atoms with Gasteiger partial charge in [-0.2, -0.15) is 0 Å². The highest BCUT2D eigenvalue weighted by molar-refractivity contribution is 6.07. The van der Waals surface area contributed by atoms with Gasteiger partial charge in [0.15, 0.2) is 5.78 Å². The van der Waals surface area contributed by atoms with Crippen LogP contribution in [-0.2, 0) is 14.3 Å². The Labute approximate surface area is 103 Å². The van der Waals surface area contributed by atoms with Gasteiger partial charge in [0.1, 0.15) is 5.41 Å². The number of hydrogen-bond donors (Lipinski definition) is 0. The molecule has 2 rings (SSSR count). The standard InChI is InChI=1S/C14H22O3/c1-4-5-8-17-12(16)14-7-6-10(9-11(14)15)13(14,2)3/h10H,4-9H2,1-3H3/t10-,14+/m1/s1. The van der Waals surface area contributed by atoms with E-state index in [1.54, 1.807) is 0 Å². The first-order valence-corrected chi connectivity index (χ1v) is 6.67. The maximum atomic E-state index is 12.3. The molecule has 3 nitrogen and oxygen atoms in total. The van der Waals surface area contributed by atoms with Crippen LogP contribution in [0, 0.1) is 16.7 Å². The van der Waals surface area contributed by atoms with Crippen molar-refractivity contribution in [2.24, 2.45) is 16.7 Å². The van der Waals surface area contributed by atoms with Gasteiger partial charge in [-0.05, 0) is 30.6 Å². The van der Waals surface area contributed by atoms with E-state index in [-0.39, 0.29) is 17.2 Å². The van der Waals surface area contributed by atoms with Crippen molar-refractivity contribution in [1.82, 2.24) is 0 Å². The number of unbranched alkanes of at least 4 members (excludes halogenated alkanes) is 1. The molecule has 0 N–H and O–H groups in total. The van der Waals surface area contributed by atoms with E-state index in [0.29, 0.717) is 25.4 Å². The number of hydrogen-bond acceptors (Lipinski definition) is 3. The molecule has 2 fully saturated rings. The Bertz CT molecular complexity index is 345. The van der Waals surface area contributed by atoms with Crippen molar-refractivity contribution in [3.8, 4) is 0 Å². The highest BCUT2D eigenvalue weighted by atomic mass is 16.5. The summed E-state index contributed by atoms with van der Waals surface area (Å²) >= 11 is 0. The van der Waals surface area contributed by atoms with Crippen LogP contribution < -0.4 is 0 Å². The Morgan fingerprint density at radius 2 is 2.18 bits per heavy atom. The van der Waals surface area contributed by atoms with Gasteiger partial charge in [0.05, 0.1) is 6.61 Å². The lowest BCUT2D eigenvalue weighted by molar-refractivity contribution is -0.164. The van der Waals surface area contributed by atoms with Crippen LogP contribution in [0.4, 0.5) is 0 Å². The van der Waals surface area contributed by atoms with Crippen molar-refractivity contribution in [2.45, 2.75) is 52.9 Å². The summed E-state index contributed by atoms with van der Waals surface area (Å²) in [5.74, 6) is 0.218. The summed E-state index contributed by atoms with van der Waals surface area (Å²) in [5, 5.41) is 0. The van der Waals surface area contributed by atoms with Gasteiger partial charge >= 0.3 is 5.97 Å². The van der Waals surface area contributed by atoms with Crippen LogP contribution in [0.2, 0.25) is 0 Å². The lowest BCUT2D eigenvalue weighted by atomic mass is 9.69. The molecule has 96 valence electrons. The van der Waals surface area contributed by atoms with E-state index in [9.17, 15) is 9.59 Å². The van der Waals surface area contributed by atoms with Crippen LogP contribution in [0.15, 0.2) is 0 Å². The van der Waals surface area contributed by atoms with Crippen LogP contribution in [0.3, 0.4) is 0 Å². The molecule has 0 spiro atoms. The lowest BCUT2D eigenvalue weighted by Gasteiger charge is -2.33. The van der Waals surface area contributed by atoms with Gasteiger partial charge in [0.2, 0.25) is 0 Å². The zero-order valence-corrected chi connectivity index (χ0v) is 11.0. The van der Waals surface area contributed by atoms with E-state index in [1.807, 2.05) is 0 Å². The molecule has 0 aliphatic heterocycles. The van der Waals surface area contributed by atoms with E-state index in [2.05, 4.69) is 20.8 Å². The molecule has 0 radical (unpaired) electrons. The number of rotatable bonds is 4. The van der Waals surface area contributed by atoms with Crippen LogP contribution in [0.25, 0.3) is 0 Å². The number of fused-ring (bicyclic) bond motifs is 2. The maximum Gasteiger partial charge on any atom is 0.320 e. The summed E-state index contributed by atoms with van der Waals surface area (Å²) in [7, 11) is 0. The monoisotopic (exact) mass is 238 g/mol. The van der Waals surface area contributed by atoms with Crippen LogP contribution in [-0.4, -0.2) is 18.4 Å². The number of Topliss-reactive ketones (excluding diaryl/α,β-unsaturated/α-hetero) is 1. The first kappa shape index (κ1) is 12.6. The molecule has 0 heterocycles. The van der Waals surface area contributed by atoms with Gasteiger partial charge in [-0.25, -0.2) is 0 Å². The molecular formula is C14H22O3. The lowest BCUT2D eigenvalue weighted by Crippen LogP contribution is -2.44. The molecular weight excluding hydrogens is 216 g/mol. The second kappa shape index (κ2) is 4.11. The number of ether oxygens (including phenoxy) is 1. The quantitative estimate of drug-likeness (QED) is 0.429. The van der Waals surface area contributed by atoms with E-state index in [0.717, 1.165) is 19.3 Å². The first-order valence-electron chi connectivity index (χ1n) is 6.67. The highest BCUT2D eigenvalue weighted by Crippen LogP contribution is 2.64. The number of carbonyl (C=O) groups excluding carboxylic acids is 2. The Hall–Kier alpha value is -0.860. The Morgan fingerprint density at radius 1 is 1.47 bits per heavy atom. The van der Waals surface area contributed by atoms with Gasteiger partial charge in [-0.3, -0.25) is 9.59 Å². The SMILES string of the molecule is CCCCOC(=O)[C@]12CC[C@H](CC1=O)C2(C)C. The summed E-state index contributed by atoms with van der Waals surface area (Å²) in [4.78, 5) is 24.4. The number of esters is 1. The van der Waals surface area contributed by atoms with Gasteiger partial charge in [-0.15, -0.1) is 0 Å². The third-order valence-electron chi connectivity index (χ3n) is 4.98. The molecule has 2 atom stereocenters. The first-order chi connectivity index (χ1) is 7.96. The molecule has 0 aromatic carbocycles. The van der Waals surface area contributed by atoms with Crippen LogP contribution in [0.1, 0.15) is 52.9 Å². The van der Waals surface area contributed by atoms with Gasteiger partial charge in [0, 0.05) is 6.42 Å². The average Bonchev–Trinajstić information content (AvgIpc) is 2.63. The highest BCUT2D eigenvalue weighted by Gasteiger charge is 2.69. The van der Waals surface area contributed by atoms with Gasteiger partial charge in [-0.1, -0.05) is 27.2 Å². The third kappa shape index (κ3) is 1.54. The molecule has 3 heteroatoms. The smallest absolute Gasteiger partial charge is 0.320 e. The summed E-state index contributed by atoms with van der Waals surface area (Å²) in [6, 6.07) is 0. The van der Waals surface area contributed by atoms with Crippen molar-refractivity contribution in [3.05, 3.63) is 0 Å². The van der Waals surface area contributed by atoms with Crippen molar-refractivity contribution in [1.29, 1.82) is 0 Å². The fourth-order valence-electron chi connectivity index (χ4n) is 3.59. The maximum absolute atomic E-state index is 12.3. The zero-order chi connectivity index (χ0) is 12.7. The molecule has 0 unspecified atom stereocenters. The van der Waals surface area contributed by atoms with Crippen molar-refractivity contribution < 1.29 is 14.3 Å². The average molecular weight is 238 g/mol. The van der Waals surface area contributed by atoms with E-state index in [1.165, 1.54) is 0 Å². The molecule has 2 bridgehead atoms. The summed E-state index contributed by atoms with van der Waals surface area (Å²) in [6.45, 7) is 6.61. The molecule has 0 aromatic heterocycles. The number of ketones is 1. The summed E-state index contributed by atoms with van der Waals surface area (Å²) in [5.41, 5.74) is -1.04. The predicted octanol–water partition coefficient (Wildman–Crippen LogP) is 2.73. The second-order valence-corrected chi connectivity index (χ2v) is 5.98. The summed E-state index contributed by atoms with van der Waals surface area (Å²) in [6.07, 6.45) is 4.12. The van der Waals surface area contributed by atoms with Crippen LogP contribution in [0.5, 0.6) is 0 Å². The Morgan fingerprint density at radius 3 is 2.65 bits per heavy atom. The van der Waals surface area contributed by atoms with E-state index >= 15 is 0 Å². The van der Waals surface area contributed by atoms with Crippen molar-refractivity contribution in [2.75, 3.05) is 6.61 Å². The Balaban J connectivity index is 2.16. The topological polar surface area (TPSA) is 43.4 Å². The molecule has 0 aromatic rings. The molecule has 17 heavy (non-hydrogen) atoms.